The molecule has 5 nitrogen and oxygen atoms in total. The van der Waals surface area contributed by atoms with Crippen LogP contribution in [0.5, 0.6) is 0 Å². The Morgan fingerprint density at radius 2 is 1.18 bits per heavy atom. The molecule has 0 radical (unpaired) electrons. The van der Waals surface area contributed by atoms with Crippen LogP contribution in [0.15, 0.2) is 142 Å². The Morgan fingerprint density at radius 1 is 0.523 bits per heavy atom. The van der Waals surface area contributed by atoms with E-state index in [1.807, 2.05) is 60.7 Å². The van der Waals surface area contributed by atoms with E-state index in [2.05, 4.69) is 72.8 Å². The van der Waals surface area contributed by atoms with E-state index < -0.39 is 0 Å². The average molecular weight is 568 g/mol. The van der Waals surface area contributed by atoms with Gasteiger partial charge in [0.2, 0.25) is 0 Å². The van der Waals surface area contributed by atoms with Gasteiger partial charge < -0.3 is 8.83 Å². The largest absolute Gasteiger partial charge is 0.455 e. The molecule has 3 heterocycles. The summed E-state index contributed by atoms with van der Waals surface area (Å²) in [5.41, 5.74) is 7.16. The van der Waals surface area contributed by atoms with Gasteiger partial charge in [-0.3, -0.25) is 0 Å². The fourth-order valence-corrected chi connectivity index (χ4v) is 6.37. The van der Waals surface area contributed by atoms with Crippen LogP contribution in [0.1, 0.15) is 18.2 Å². The van der Waals surface area contributed by atoms with E-state index in [-0.39, 0.29) is 5.92 Å². The van der Waals surface area contributed by atoms with E-state index in [1.54, 1.807) is 0 Å². The van der Waals surface area contributed by atoms with Gasteiger partial charge in [-0.1, -0.05) is 121 Å². The first-order valence-electron chi connectivity index (χ1n) is 14.8. The molecule has 5 heteroatoms. The van der Waals surface area contributed by atoms with E-state index >= 15 is 0 Å². The van der Waals surface area contributed by atoms with Crippen molar-refractivity contribution in [3.63, 3.8) is 0 Å². The molecule has 3 aromatic heterocycles. The third-order valence-electron chi connectivity index (χ3n) is 8.45. The first-order valence-corrected chi connectivity index (χ1v) is 14.8. The molecule has 0 N–H and O–H groups in total. The second-order valence-corrected chi connectivity index (χ2v) is 11.1. The molecular formula is C39H25N3O2. The number of benzene rings is 5. The average Bonchev–Trinajstić information content (AvgIpc) is 3.68. The zero-order valence-corrected chi connectivity index (χ0v) is 23.6. The van der Waals surface area contributed by atoms with E-state index in [9.17, 15) is 0 Å². The molecule has 1 unspecified atom stereocenters. The molecule has 208 valence electrons. The molecule has 9 rings (SSSR count). The van der Waals surface area contributed by atoms with E-state index in [1.165, 1.54) is 0 Å². The van der Waals surface area contributed by atoms with Gasteiger partial charge in [-0.2, -0.15) is 0 Å². The van der Waals surface area contributed by atoms with Crippen molar-refractivity contribution in [2.24, 2.45) is 0 Å². The maximum Gasteiger partial charge on any atom is 0.164 e. The predicted octanol–water partition coefficient (Wildman–Crippen LogP) is 10.3. The number of furan rings is 2. The summed E-state index contributed by atoms with van der Waals surface area (Å²) in [5, 5.41) is 4.18. The summed E-state index contributed by atoms with van der Waals surface area (Å²) in [6.45, 7) is 0. The summed E-state index contributed by atoms with van der Waals surface area (Å²) < 4.78 is 13.1. The minimum atomic E-state index is 0.0837. The lowest BCUT2D eigenvalue weighted by atomic mass is 9.98. The van der Waals surface area contributed by atoms with E-state index in [4.69, 9.17) is 23.8 Å². The Hall–Kier alpha value is -5.81. The van der Waals surface area contributed by atoms with Crippen LogP contribution in [0.3, 0.4) is 0 Å². The summed E-state index contributed by atoms with van der Waals surface area (Å²) in [6.07, 6.45) is 9.30. The van der Waals surface area contributed by atoms with Crippen molar-refractivity contribution in [2.75, 3.05) is 0 Å². The third-order valence-corrected chi connectivity index (χ3v) is 8.45. The highest BCUT2D eigenvalue weighted by atomic mass is 16.3. The summed E-state index contributed by atoms with van der Waals surface area (Å²) in [6, 6.07) is 37.0. The third kappa shape index (κ3) is 3.90. The molecule has 0 aliphatic heterocycles. The fraction of sp³-hybridized carbons (Fsp3) is 0.0513. The second kappa shape index (κ2) is 9.89. The first kappa shape index (κ1) is 24.8. The van der Waals surface area contributed by atoms with Gasteiger partial charge in [-0.25, -0.2) is 15.0 Å². The zero-order chi connectivity index (χ0) is 29.0. The standard InChI is InChI=1S/C39H25N3O2/c1-3-12-24(13-4-1)37-40-38(25-14-5-2-6-15-25)42-39(41-37)31-21-11-23-33-34(31)30-20-10-19-29(36(30)44-33)28-18-9-17-27-26-16-7-8-22-32(26)43-35(27)28/h1-14,16-23,25H,15H2. The molecule has 0 bridgehead atoms. The number of hydrogen-bond acceptors (Lipinski definition) is 5. The van der Waals surface area contributed by atoms with Gasteiger partial charge in [0.1, 0.15) is 28.2 Å². The Labute approximate surface area is 252 Å². The van der Waals surface area contributed by atoms with Gasteiger partial charge >= 0.3 is 0 Å². The highest BCUT2D eigenvalue weighted by molar-refractivity contribution is 6.17. The van der Waals surface area contributed by atoms with Gasteiger partial charge in [-0.15, -0.1) is 0 Å². The molecular weight excluding hydrogens is 542 g/mol. The number of hydrogen-bond donors (Lipinski definition) is 0. The highest BCUT2D eigenvalue weighted by Gasteiger charge is 2.22. The Bertz CT molecular complexity index is 2430. The number of aromatic nitrogens is 3. The molecule has 1 atom stereocenters. The van der Waals surface area contributed by atoms with Crippen molar-refractivity contribution in [3.05, 3.63) is 139 Å². The number of fused-ring (bicyclic) bond motifs is 6. The van der Waals surface area contributed by atoms with Crippen LogP contribution in [-0.4, -0.2) is 15.0 Å². The summed E-state index contributed by atoms with van der Waals surface area (Å²) >= 11 is 0. The minimum Gasteiger partial charge on any atom is -0.455 e. The Balaban J connectivity index is 1.28. The van der Waals surface area contributed by atoms with Gasteiger partial charge in [0.25, 0.3) is 0 Å². The predicted molar refractivity (Wildman–Crippen MR) is 176 cm³/mol. The van der Waals surface area contributed by atoms with Crippen molar-refractivity contribution < 1.29 is 8.83 Å². The topological polar surface area (TPSA) is 65.0 Å². The molecule has 1 aliphatic rings. The van der Waals surface area contributed by atoms with Crippen molar-refractivity contribution in [2.45, 2.75) is 12.3 Å². The molecule has 44 heavy (non-hydrogen) atoms. The smallest absolute Gasteiger partial charge is 0.164 e. The summed E-state index contributed by atoms with van der Waals surface area (Å²) in [4.78, 5) is 15.0. The first-order chi connectivity index (χ1) is 21.8. The van der Waals surface area contributed by atoms with Crippen molar-refractivity contribution in [1.82, 2.24) is 15.0 Å². The minimum absolute atomic E-state index is 0.0837. The van der Waals surface area contributed by atoms with Crippen molar-refractivity contribution in [1.29, 1.82) is 0 Å². The Morgan fingerprint density at radius 3 is 2.02 bits per heavy atom. The molecule has 0 saturated carbocycles. The lowest BCUT2D eigenvalue weighted by Crippen LogP contribution is -2.07. The van der Waals surface area contributed by atoms with Crippen LogP contribution in [0.25, 0.3) is 77.8 Å². The lowest BCUT2D eigenvalue weighted by molar-refractivity contribution is 0.665. The van der Waals surface area contributed by atoms with E-state index in [0.717, 1.165) is 78.4 Å². The van der Waals surface area contributed by atoms with Crippen LogP contribution < -0.4 is 0 Å². The molecule has 5 aromatic carbocycles. The molecule has 0 fully saturated rings. The normalized spacial score (nSPS) is 14.8. The van der Waals surface area contributed by atoms with Crippen LogP contribution in [0.2, 0.25) is 0 Å². The fourth-order valence-electron chi connectivity index (χ4n) is 6.37. The van der Waals surface area contributed by atoms with Crippen molar-refractivity contribution in [3.8, 4) is 33.9 Å². The molecule has 1 aliphatic carbocycles. The summed E-state index contributed by atoms with van der Waals surface area (Å²) in [5.74, 6) is 2.14. The maximum absolute atomic E-state index is 6.65. The second-order valence-electron chi connectivity index (χ2n) is 11.1. The van der Waals surface area contributed by atoms with Crippen LogP contribution in [0, 0.1) is 0 Å². The monoisotopic (exact) mass is 567 g/mol. The molecule has 0 spiro atoms. The Kier molecular flexibility index (Phi) is 5.56. The van der Waals surface area contributed by atoms with Gasteiger partial charge in [-0.05, 0) is 18.6 Å². The quantitative estimate of drug-likeness (QED) is 0.212. The highest BCUT2D eigenvalue weighted by Crippen LogP contribution is 2.43. The number of nitrogens with zero attached hydrogens (tertiary/aromatic N) is 3. The number of rotatable bonds is 4. The molecule has 8 aromatic rings. The van der Waals surface area contributed by atoms with Crippen LogP contribution in [-0.2, 0) is 0 Å². The number of para-hydroxylation sites is 3. The van der Waals surface area contributed by atoms with Gasteiger partial charge in [0, 0.05) is 49.7 Å². The summed E-state index contributed by atoms with van der Waals surface area (Å²) in [7, 11) is 0. The van der Waals surface area contributed by atoms with Crippen LogP contribution >= 0.6 is 0 Å². The molecule has 0 amide bonds. The maximum atomic E-state index is 6.65. The lowest BCUT2D eigenvalue weighted by Gasteiger charge is -2.14. The van der Waals surface area contributed by atoms with E-state index in [0.29, 0.717) is 11.6 Å². The zero-order valence-electron chi connectivity index (χ0n) is 23.6. The van der Waals surface area contributed by atoms with Crippen molar-refractivity contribution >= 4 is 43.9 Å². The number of allylic oxidation sites excluding steroid dienone is 4. The molecule has 0 saturated heterocycles. The van der Waals surface area contributed by atoms with Crippen LogP contribution in [0.4, 0.5) is 0 Å². The van der Waals surface area contributed by atoms with Gasteiger partial charge in [0.15, 0.2) is 11.6 Å². The SMILES string of the molecule is C1=CCC(c2nc(-c3ccccc3)nc(-c3cccc4oc5c(-c6cccc7c6oc6ccccc67)cccc5c34)n2)C=C1. The van der Waals surface area contributed by atoms with Gasteiger partial charge in [0.05, 0.1) is 0 Å².